The standard InChI is InChI=1S/C21H16ClFN2O4S/c1-29-18(27)11-24-20-19(30-21(24)28)16(12-2-4-13(22)5-3-12)10-17(26)25(20)15-8-6-14(23)7-9-15/h2-9,16H,10-11H2,1H3/t16-/m1/s1. The van der Waals surface area contributed by atoms with Gasteiger partial charge >= 0.3 is 10.8 Å². The van der Waals surface area contributed by atoms with E-state index < -0.39 is 11.8 Å². The van der Waals surface area contributed by atoms with E-state index in [4.69, 9.17) is 16.3 Å². The molecular formula is C21H16ClFN2O4S. The molecule has 9 heteroatoms. The maximum absolute atomic E-state index is 13.4. The van der Waals surface area contributed by atoms with E-state index in [-0.39, 0.29) is 29.7 Å². The van der Waals surface area contributed by atoms with Gasteiger partial charge in [0.25, 0.3) is 0 Å². The normalized spacial score (nSPS) is 15.8. The molecule has 0 bridgehead atoms. The number of carbonyl (C=O) groups excluding carboxylic acids is 2. The monoisotopic (exact) mass is 446 g/mol. The lowest BCUT2D eigenvalue weighted by atomic mass is 9.90. The number of nitrogens with zero attached hydrogens (tertiary/aromatic N) is 2. The number of fused-ring (bicyclic) bond motifs is 1. The largest absolute Gasteiger partial charge is 0.468 e. The first-order valence-electron chi connectivity index (χ1n) is 9.03. The van der Waals surface area contributed by atoms with Crippen molar-refractivity contribution in [2.45, 2.75) is 18.9 Å². The van der Waals surface area contributed by atoms with Crippen molar-refractivity contribution in [2.24, 2.45) is 0 Å². The zero-order chi connectivity index (χ0) is 21.4. The third-order valence-electron chi connectivity index (χ3n) is 4.92. The van der Waals surface area contributed by atoms with E-state index in [1.165, 1.54) is 40.8 Å². The van der Waals surface area contributed by atoms with E-state index in [2.05, 4.69) is 0 Å². The number of benzene rings is 2. The third-order valence-corrected chi connectivity index (χ3v) is 6.26. The van der Waals surface area contributed by atoms with Gasteiger partial charge in [-0.2, -0.15) is 0 Å². The fraction of sp³-hybridized carbons (Fsp3) is 0.190. The Bertz CT molecular complexity index is 1170. The van der Waals surface area contributed by atoms with E-state index in [0.717, 1.165) is 16.9 Å². The average molecular weight is 447 g/mol. The summed E-state index contributed by atoms with van der Waals surface area (Å²) in [6.45, 7) is -0.334. The molecule has 1 amide bonds. The number of carbonyl (C=O) groups is 2. The van der Waals surface area contributed by atoms with E-state index in [1.807, 2.05) is 12.1 Å². The molecule has 1 aliphatic rings. The number of hydrogen-bond donors (Lipinski definition) is 0. The summed E-state index contributed by atoms with van der Waals surface area (Å²) in [6.07, 6.45) is 0.115. The summed E-state index contributed by atoms with van der Waals surface area (Å²) >= 11 is 6.97. The Morgan fingerprint density at radius 3 is 2.47 bits per heavy atom. The predicted molar refractivity (Wildman–Crippen MR) is 112 cm³/mol. The molecule has 3 aromatic rings. The maximum atomic E-state index is 13.4. The van der Waals surface area contributed by atoms with Crippen molar-refractivity contribution >= 4 is 46.3 Å². The van der Waals surface area contributed by atoms with E-state index in [0.29, 0.717) is 21.4 Å². The number of ether oxygens (including phenoxy) is 1. The summed E-state index contributed by atoms with van der Waals surface area (Å²) in [7, 11) is 1.23. The molecule has 4 rings (SSSR count). The van der Waals surface area contributed by atoms with Crippen LogP contribution in [-0.4, -0.2) is 23.6 Å². The van der Waals surface area contributed by atoms with Crippen molar-refractivity contribution in [3.63, 3.8) is 0 Å². The van der Waals surface area contributed by atoms with Crippen LogP contribution < -0.4 is 9.77 Å². The van der Waals surface area contributed by atoms with Gasteiger partial charge in [-0.25, -0.2) is 4.39 Å². The topological polar surface area (TPSA) is 68.6 Å². The number of hydrogen-bond acceptors (Lipinski definition) is 5. The fourth-order valence-corrected chi connectivity index (χ4v) is 4.73. The predicted octanol–water partition coefficient (Wildman–Crippen LogP) is 4.08. The average Bonchev–Trinajstić information content (AvgIpc) is 3.05. The second-order valence-electron chi connectivity index (χ2n) is 6.73. The minimum Gasteiger partial charge on any atom is -0.468 e. The summed E-state index contributed by atoms with van der Waals surface area (Å²) in [4.78, 5) is 39.5. The Balaban J connectivity index is 1.91. The Hall–Kier alpha value is -2.97. The van der Waals surface area contributed by atoms with Crippen LogP contribution in [0.5, 0.6) is 0 Å². The van der Waals surface area contributed by atoms with Crippen LogP contribution in [0.15, 0.2) is 53.3 Å². The molecule has 154 valence electrons. The highest BCUT2D eigenvalue weighted by Crippen LogP contribution is 2.44. The molecule has 0 spiro atoms. The summed E-state index contributed by atoms with van der Waals surface area (Å²) < 4.78 is 19.4. The number of thiazole rings is 1. The highest BCUT2D eigenvalue weighted by molar-refractivity contribution is 7.10. The minimum atomic E-state index is -0.613. The molecule has 1 aromatic heterocycles. The van der Waals surface area contributed by atoms with Gasteiger partial charge in [0.2, 0.25) is 5.91 Å². The Kier molecular flexibility index (Phi) is 5.44. The van der Waals surface area contributed by atoms with Crippen LogP contribution in [-0.2, 0) is 20.9 Å². The molecule has 2 heterocycles. The summed E-state index contributed by atoms with van der Waals surface area (Å²) in [6, 6.07) is 12.5. The number of amides is 1. The van der Waals surface area contributed by atoms with Crippen LogP contribution in [0.4, 0.5) is 15.9 Å². The van der Waals surface area contributed by atoms with Gasteiger partial charge in [-0.1, -0.05) is 35.1 Å². The van der Waals surface area contributed by atoms with Crippen molar-refractivity contribution in [2.75, 3.05) is 12.0 Å². The fourth-order valence-electron chi connectivity index (χ4n) is 3.50. The molecule has 6 nitrogen and oxygen atoms in total. The third kappa shape index (κ3) is 3.64. The lowest BCUT2D eigenvalue weighted by Gasteiger charge is -2.32. The summed E-state index contributed by atoms with van der Waals surface area (Å²) in [5, 5.41) is 0.561. The Morgan fingerprint density at radius 1 is 1.17 bits per heavy atom. The van der Waals surface area contributed by atoms with Gasteiger partial charge in [-0.15, -0.1) is 0 Å². The second-order valence-corrected chi connectivity index (χ2v) is 8.16. The Morgan fingerprint density at radius 2 is 1.83 bits per heavy atom. The first kappa shape index (κ1) is 20.3. The minimum absolute atomic E-state index is 0.115. The molecule has 1 aliphatic heterocycles. The molecule has 0 radical (unpaired) electrons. The molecule has 2 aromatic carbocycles. The zero-order valence-electron chi connectivity index (χ0n) is 15.8. The maximum Gasteiger partial charge on any atom is 0.325 e. The smallest absolute Gasteiger partial charge is 0.325 e. The van der Waals surface area contributed by atoms with Crippen LogP contribution in [0.1, 0.15) is 22.8 Å². The summed E-state index contributed by atoms with van der Waals surface area (Å²) in [5.74, 6) is -1.39. The Labute approximate surface area is 180 Å². The van der Waals surface area contributed by atoms with Crippen molar-refractivity contribution in [3.8, 4) is 0 Å². The molecule has 0 N–H and O–H groups in total. The van der Waals surface area contributed by atoms with Crippen LogP contribution in [0.2, 0.25) is 5.02 Å². The zero-order valence-corrected chi connectivity index (χ0v) is 17.4. The van der Waals surface area contributed by atoms with Crippen molar-refractivity contribution < 1.29 is 18.7 Å². The number of halogens is 2. The molecule has 0 unspecified atom stereocenters. The van der Waals surface area contributed by atoms with Gasteiger partial charge in [-0.05, 0) is 42.0 Å². The van der Waals surface area contributed by atoms with Gasteiger partial charge in [0.05, 0.1) is 17.7 Å². The van der Waals surface area contributed by atoms with Crippen molar-refractivity contribution in [1.29, 1.82) is 0 Å². The summed E-state index contributed by atoms with van der Waals surface area (Å²) in [5.41, 5.74) is 1.24. The van der Waals surface area contributed by atoms with Crippen molar-refractivity contribution in [3.05, 3.63) is 79.5 Å². The van der Waals surface area contributed by atoms with Crippen LogP contribution in [0, 0.1) is 5.82 Å². The number of anilines is 2. The van der Waals surface area contributed by atoms with Crippen LogP contribution in [0.3, 0.4) is 0 Å². The molecular weight excluding hydrogens is 431 g/mol. The van der Waals surface area contributed by atoms with Crippen LogP contribution in [0.25, 0.3) is 0 Å². The van der Waals surface area contributed by atoms with E-state index in [9.17, 15) is 18.8 Å². The first-order valence-corrected chi connectivity index (χ1v) is 10.2. The highest BCUT2D eigenvalue weighted by Gasteiger charge is 2.38. The van der Waals surface area contributed by atoms with Gasteiger partial charge < -0.3 is 4.74 Å². The van der Waals surface area contributed by atoms with Gasteiger partial charge in [0.1, 0.15) is 18.2 Å². The van der Waals surface area contributed by atoms with Gasteiger partial charge in [0, 0.05) is 17.4 Å². The van der Waals surface area contributed by atoms with Gasteiger partial charge in [-0.3, -0.25) is 23.9 Å². The number of methoxy groups -OCH3 is 1. The lowest BCUT2D eigenvalue weighted by molar-refractivity contribution is -0.141. The van der Waals surface area contributed by atoms with E-state index in [1.54, 1.807) is 12.1 Å². The molecule has 30 heavy (non-hydrogen) atoms. The molecule has 0 fully saturated rings. The molecule has 0 aliphatic carbocycles. The number of esters is 1. The van der Waals surface area contributed by atoms with Gasteiger partial charge in [0.15, 0.2) is 0 Å². The number of rotatable bonds is 4. The highest BCUT2D eigenvalue weighted by atomic mass is 35.5. The first-order chi connectivity index (χ1) is 14.4. The second kappa shape index (κ2) is 8.04. The number of aromatic nitrogens is 1. The van der Waals surface area contributed by atoms with Crippen molar-refractivity contribution in [1.82, 2.24) is 4.57 Å². The lowest BCUT2D eigenvalue weighted by Crippen LogP contribution is -2.36. The SMILES string of the molecule is COC(=O)Cn1c2c(sc1=O)[C@@H](c1ccc(Cl)cc1)CC(=O)N2c1ccc(F)cc1. The van der Waals surface area contributed by atoms with E-state index >= 15 is 0 Å². The molecule has 0 saturated carbocycles. The molecule has 0 saturated heterocycles. The van der Waals surface area contributed by atoms with Crippen LogP contribution >= 0.6 is 22.9 Å². The quantitative estimate of drug-likeness (QED) is 0.566. The molecule has 1 atom stereocenters.